The van der Waals surface area contributed by atoms with Crippen LogP contribution in [0.5, 0.6) is 0 Å². The first-order valence-electron chi connectivity index (χ1n) is 14.0. The van der Waals surface area contributed by atoms with E-state index in [4.69, 9.17) is 4.99 Å². The van der Waals surface area contributed by atoms with Crippen LogP contribution in [0.3, 0.4) is 0 Å². The molecule has 40 heavy (non-hydrogen) atoms. The molecule has 0 heterocycles. The maximum Gasteiger partial charge on any atom is 0.0643 e. The molecule has 1 atom stereocenters. The average molecular weight is 516 g/mol. The van der Waals surface area contributed by atoms with Crippen molar-refractivity contribution in [1.82, 2.24) is 0 Å². The van der Waals surface area contributed by atoms with Crippen LogP contribution in [0.1, 0.15) is 36.0 Å². The van der Waals surface area contributed by atoms with Gasteiger partial charge >= 0.3 is 0 Å². The minimum atomic E-state index is 0.385. The van der Waals surface area contributed by atoms with E-state index in [9.17, 15) is 0 Å². The fourth-order valence-corrected chi connectivity index (χ4v) is 5.38. The summed E-state index contributed by atoms with van der Waals surface area (Å²) in [5, 5.41) is 0. The summed E-state index contributed by atoms with van der Waals surface area (Å²) >= 11 is 0. The van der Waals surface area contributed by atoms with Crippen molar-refractivity contribution in [2.24, 2.45) is 4.99 Å². The van der Waals surface area contributed by atoms with Gasteiger partial charge in [-0.15, -0.1) is 0 Å². The number of hydrogen-bond acceptors (Lipinski definition) is 1. The molecule has 0 aromatic heterocycles. The second-order valence-corrected chi connectivity index (χ2v) is 10.4. The highest BCUT2D eigenvalue weighted by atomic mass is 14.7. The van der Waals surface area contributed by atoms with Crippen LogP contribution in [-0.4, -0.2) is 5.71 Å². The highest BCUT2D eigenvalue weighted by molar-refractivity contribution is 6.00. The van der Waals surface area contributed by atoms with Gasteiger partial charge in [0.1, 0.15) is 0 Å². The van der Waals surface area contributed by atoms with E-state index in [1.54, 1.807) is 0 Å². The molecule has 0 radical (unpaired) electrons. The van der Waals surface area contributed by atoms with Gasteiger partial charge in [-0.2, -0.15) is 0 Å². The van der Waals surface area contributed by atoms with E-state index in [2.05, 4.69) is 159 Å². The molecule has 0 spiro atoms. The van der Waals surface area contributed by atoms with Gasteiger partial charge in [0, 0.05) is 11.6 Å². The molecule has 1 heteroatoms. The quantitative estimate of drug-likeness (QED) is 0.191. The maximum absolute atomic E-state index is 5.14. The molecule has 0 saturated carbocycles. The molecule has 1 aliphatic carbocycles. The summed E-state index contributed by atoms with van der Waals surface area (Å²) in [7, 11) is 0. The predicted molar refractivity (Wildman–Crippen MR) is 171 cm³/mol. The van der Waals surface area contributed by atoms with Crippen LogP contribution in [0.15, 0.2) is 157 Å². The zero-order chi connectivity index (χ0) is 27.1. The molecule has 0 saturated heterocycles. The minimum absolute atomic E-state index is 0.385. The number of allylic oxidation sites excluding steroid dienone is 4. The topological polar surface area (TPSA) is 12.4 Å². The third-order valence-electron chi connectivity index (χ3n) is 7.59. The molecule has 194 valence electrons. The Hall–Kier alpha value is -4.75. The molecule has 0 bridgehead atoms. The van der Waals surface area contributed by atoms with Gasteiger partial charge < -0.3 is 0 Å². The van der Waals surface area contributed by atoms with Crippen LogP contribution in [-0.2, 0) is 6.54 Å². The lowest BCUT2D eigenvalue weighted by Gasteiger charge is -2.17. The molecule has 0 aliphatic heterocycles. The number of hydrogen-bond donors (Lipinski definition) is 0. The van der Waals surface area contributed by atoms with E-state index >= 15 is 0 Å². The van der Waals surface area contributed by atoms with Gasteiger partial charge in [0.25, 0.3) is 0 Å². The lowest BCUT2D eigenvalue weighted by molar-refractivity contribution is 0.854. The van der Waals surface area contributed by atoms with Gasteiger partial charge in [-0.05, 0) is 93.7 Å². The van der Waals surface area contributed by atoms with Crippen LogP contribution in [0.25, 0.3) is 33.4 Å². The van der Waals surface area contributed by atoms with Gasteiger partial charge in [-0.25, -0.2) is 0 Å². The van der Waals surface area contributed by atoms with E-state index < -0.39 is 0 Å². The van der Waals surface area contributed by atoms with Crippen molar-refractivity contribution in [2.45, 2.75) is 25.8 Å². The van der Waals surface area contributed by atoms with Crippen LogP contribution < -0.4 is 0 Å². The number of aliphatic imine (C=N–C) groups is 1. The summed E-state index contributed by atoms with van der Waals surface area (Å²) in [6.45, 7) is 2.77. The molecule has 1 unspecified atom stereocenters. The third-order valence-corrected chi connectivity index (χ3v) is 7.59. The summed E-state index contributed by atoms with van der Waals surface area (Å²) < 4.78 is 0. The van der Waals surface area contributed by atoms with Crippen molar-refractivity contribution in [3.63, 3.8) is 0 Å². The Bertz CT molecular complexity index is 1620. The molecule has 5 aromatic carbocycles. The summed E-state index contributed by atoms with van der Waals surface area (Å²) in [6, 6.07) is 45.7. The molecule has 0 fully saturated rings. The zero-order valence-electron chi connectivity index (χ0n) is 22.9. The summed E-state index contributed by atoms with van der Waals surface area (Å²) in [4.78, 5) is 5.14. The van der Waals surface area contributed by atoms with Crippen molar-refractivity contribution < 1.29 is 0 Å². The molecule has 5 aromatic rings. The van der Waals surface area contributed by atoms with Crippen molar-refractivity contribution in [3.05, 3.63) is 168 Å². The normalized spacial score (nSPS) is 14.8. The highest BCUT2D eigenvalue weighted by Gasteiger charge is 2.13. The van der Waals surface area contributed by atoms with Gasteiger partial charge in [-0.3, -0.25) is 4.99 Å². The molecular formula is C39H33N. The van der Waals surface area contributed by atoms with Crippen LogP contribution in [0.4, 0.5) is 0 Å². The minimum Gasteiger partial charge on any atom is -0.285 e. The maximum atomic E-state index is 5.14. The fourth-order valence-electron chi connectivity index (χ4n) is 5.38. The molecule has 1 nitrogen and oxygen atoms in total. The van der Waals surface area contributed by atoms with E-state index in [-0.39, 0.29) is 0 Å². The van der Waals surface area contributed by atoms with E-state index in [0.29, 0.717) is 12.5 Å². The zero-order valence-corrected chi connectivity index (χ0v) is 22.9. The molecule has 0 N–H and O–H groups in total. The average Bonchev–Trinajstić information content (AvgIpc) is 3.05. The first kappa shape index (κ1) is 25.5. The van der Waals surface area contributed by atoms with Crippen molar-refractivity contribution in [1.29, 1.82) is 0 Å². The smallest absolute Gasteiger partial charge is 0.0643 e. The van der Waals surface area contributed by atoms with Crippen LogP contribution in [0, 0.1) is 0 Å². The molecule has 1 aliphatic rings. The standard InChI is InChI=1S/C39H33N/c1-29(35-24-38(33-18-10-4-11-19-33)27-39(25-35)34-20-12-5-13-21-34)40-28-30-22-36(31-14-6-2-7-15-31)26-37(23-30)32-16-8-3-9-17-32/h2-20,22-27,34H,21,28H2,1H3. The number of nitrogens with zero attached hydrogens (tertiary/aromatic N) is 1. The van der Waals surface area contributed by atoms with Crippen LogP contribution in [0.2, 0.25) is 0 Å². The Balaban J connectivity index is 1.37. The first-order chi connectivity index (χ1) is 19.7. The Kier molecular flexibility index (Phi) is 7.64. The van der Waals surface area contributed by atoms with Gasteiger partial charge in [0.15, 0.2) is 0 Å². The fraction of sp³-hybridized carbons (Fsp3) is 0.103. The van der Waals surface area contributed by atoms with E-state index in [0.717, 1.165) is 12.1 Å². The molecule has 0 amide bonds. The number of rotatable bonds is 7. The van der Waals surface area contributed by atoms with E-state index in [1.165, 1.54) is 50.1 Å². The Morgan fingerprint density at radius 3 is 1.68 bits per heavy atom. The first-order valence-corrected chi connectivity index (χ1v) is 14.0. The predicted octanol–water partition coefficient (Wildman–Crippen LogP) is 10.3. The van der Waals surface area contributed by atoms with Crippen molar-refractivity contribution in [3.8, 4) is 33.4 Å². The number of benzene rings is 5. The third kappa shape index (κ3) is 5.95. The highest BCUT2D eigenvalue weighted by Crippen LogP contribution is 2.32. The molecular weight excluding hydrogens is 482 g/mol. The lowest BCUT2D eigenvalue weighted by Crippen LogP contribution is -2.02. The van der Waals surface area contributed by atoms with Crippen molar-refractivity contribution >= 4 is 5.71 Å². The summed E-state index contributed by atoms with van der Waals surface area (Å²) in [5.41, 5.74) is 12.1. The van der Waals surface area contributed by atoms with Gasteiger partial charge in [0.05, 0.1) is 6.54 Å². The summed E-state index contributed by atoms with van der Waals surface area (Å²) in [5.74, 6) is 0.385. The Labute approximate surface area is 237 Å². The van der Waals surface area contributed by atoms with Gasteiger partial charge in [0.2, 0.25) is 0 Å². The van der Waals surface area contributed by atoms with Crippen molar-refractivity contribution in [2.75, 3.05) is 0 Å². The second kappa shape index (κ2) is 12.0. The Morgan fingerprint density at radius 2 is 1.15 bits per heavy atom. The SMILES string of the molecule is CC(=NCc1cc(-c2ccccc2)cc(-c2ccccc2)c1)c1cc(-c2ccccc2)cc(C2C=CC=CC2)c1. The Morgan fingerprint density at radius 1 is 0.600 bits per heavy atom. The molecule has 6 rings (SSSR count). The summed E-state index contributed by atoms with van der Waals surface area (Å²) in [6.07, 6.45) is 9.89. The largest absolute Gasteiger partial charge is 0.285 e. The van der Waals surface area contributed by atoms with E-state index in [1.807, 2.05) is 0 Å². The van der Waals surface area contributed by atoms with Gasteiger partial charge in [-0.1, -0.05) is 121 Å². The second-order valence-electron chi connectivity index (χ2n) is 10.4. The lowest BCUT2D eigenvalue weighted by atomic mass is 9.88. The monoisotopic (exact) mass is 515 g/mol. The van der Waals surface area contributed by atoms with Crippen LogP contribution >= 0.6 is 0 Å².